The van der Waals surface area contributed by atoms with Crippen LogP contribution < -0.4 is 4.46 Å². The average molecular weight is 326 g/mol. The van der Waals surface area contributed by atoms with Crippen LogP contribution in [0.1, 0.15) is 17.7 Å². The van der Waals surface area contributed by atoms with E-state index >= 15 is 0 Å². The Morgan fingerprint density at radius 3 is 2.65 bits per heavy atom. The Labute approximate surface area is 125 Å². The third-order valence-electron chi connectivity index (χ3n) is 4.10. The van der Waals surface area contributed by atoms with Crippen LogP contribution in [0.3, 0.4) is 0 Å². The predicted octanol–water partition coefficient (Wildman–Crippen LogP) is 3.47. The summed E-state index contributed by atoms with van der Waals surface area (Å²) in [5.74, 6) is 0. The summed E-state index contributed by atoms with van der Waals surface area (Å²) in [4.78, 5) is 4.45. The first kappa shape index (κ1) is 12.3. The van der Waals surface area contributed by atoms with Crippen molar-refractivity contribution in [3.63, 3.8) is 0 Å². The molecule has 100 valence electrons. The molecule has 1 N–H and O–H groups in total. The second-order valence-electron chi connectivity index (χ2n) is 5.42. The number of aromatic nitrogens is 1. The number of fused-ring (bicyclic) bond motifs is 3. The first-order valence-corrected chi connectivity index (χ1v) is 9.05. The van der Waals surface area contributed by atoms with E-state index in [2.05, 4.69) is 59.6 Å². The Kier molecular flexibility index (Phi) is 3.14. The van der Waals surface area contributed by atoms with Gasteiger partial charge in [-0.05, 0) is 0 Å². The number of hydrogen-bond acceptors (Lipinski definition) is 0. The molecular weight excluding hydrogens is 309 g/mol. The van der Waals surface area contributed by atoms with E-state index in [4.69, 9.17) is 0 Å². The minimum absolute atomic E-state index is 0.595. The van der Waals surface area contributed by atoms with E-state index in [1.54, 1.807) is 5.56 Å². The van der Waals surface area contributed by atoms with E-state index in [1.165, 1.54) is 40.3 Å². The minimum atomic E-state index is 0.595. The van der Waals surface area contributed by atoms with E-state index in [1.807, 2.05) is 0 Å². The molecule has 0 saturated carbocycles. The average Bonchev–Trinajstić information content (AvgIpc) is 2.86. The molecule has 0 bridgehead atoms. The molecule has 0 saturated heterocycles. The van der Waals surface area contributed by atoms with Gasteiger partial charge in [-0.3, -0.25) is 0 Å². The standard InChI is InChI=1S/C18H17NSe/c1-2-6-13(7-3-1)20-14-10-11-18-16(12-14)15-8-4-5-9-17(15)19-18/h1-9,14,19H,10-12H2. The van der Waals surface area contributed by atoms with Crippen LogP contribution in [0.2, 0.25) is 4.82 Å². The number of aryl methyl sites for hydroxylation is 1. The number of nitrogens with one attached hydrogen (secondary N) is 1. The molecule has 1 aliphatic rings. The second-order valence-corrected chi connectivity index (χ2v) is 8.31. The van der Waals surface area contributed by atoms with E-state index in [0.29, 0.717) is 15.0 Å². The van der Waals surface area contributed by atoms with Gasteiger partial charge in [0.2, 0.25) is 0 Å². The third kappa shape index (κ3) is 2.19. The van der Waals surface area contributed by atoms with Crippen molar-refractivity contribution >= 4 is 30.3 Å². The Bertz CT molecular complexity index is 730. The van der Waals surface area contributed by atoms with Gasteiger partial charge in [-0.15, -0.1) is 0 Å². The zero-order valence-electron chi connectivity index (χ0n) is 11.3. The van der Waals surface area contributed by atoms with Crippen LogP contribution in [0.4, 0.5) is 0 Å². The van der Waals surface area contributed by atoms with Gasteiger partial charge in [0.1, 0.15) is 0 Å². The van der Waals surface area contributed by atoms with Gasteiger partial charge in [-0.25, -0.2) is 0 Å². The fraction of sp³-hybridized carbons (Fsp3) is 0.222. The van der Waals surface area contributed by atoms with Gasteiger partial charge in [0.15, 0.2) is 0 Å². The van der Waals surface area contributed by atoms with Crippen molar-refractivity contribution in [1.82, 2.24) is 4.98 Å². The molecular formula is C18H17NSe. The predicted molar refractivity (Wildman–Crippen MR) is 85.9 cm³/mol. The molecule has 0 spiro atoms. The van der Waals surface area contributed by atoms with Gasteiger partial charge in [0, 0.05) is 0 Å². The number of rotatable bonds is 2. The molecule has 1 aromatic heterocycles. The summed E-state index contributed by atoms with van der Waals surface area (Å²) in [7, 11) is 0. The Balaban J connectivity index is 1.63. The molecule has 0 fully saturated rings. The molecule has 3 aromatic rings. The van der Waals surface area contributed by atoms with Gasteiger partial charge >= 0.3 is 125 Å². The quantitative estimate of drug-likeness (QED) is 0.694. The molecule has 1 nitrogen and oxygen atoms in total. The number of H-pyrrole nitrogens is 1. The first-order chi connectivity index (χ1) is 9.90. The normalized spacial score (nSPS) is 18.1. The van der Waals surface area contributed by atoms with Crippen molar-refractivity contribution in [2.45, 2.75) is 24.1 Å². The van der Waals surface area contributed by atoms with Crippen LogP contribution in [0.25, 0.3) is 10.9 Å². The van der Waals surface area contributed by atoms with Gasteiger partial charge in [-0.1, -0.05) is 0 Å². The SMILES string of the molecule is c1ccc([Se]C2CCc3[nH]c4ccccc4c3C2)cc1. The molecule has 1 atom stereocenters. The molecule has 20 heavy (non-hydrogen) atoms. The fourth-order valence-corrected chi connectivity index (χ4v) is 5.62. The van der Waals surface area contributed by atoms with Gasteiger partial charge in [0.25, 0.3) is 0 Å². The maximum absolute atomic E-state index is 3.61. The Hall–Kier alpha value is -1.50. The molecule has 1 unspecified atom stereocenters. The van der Waals surface area contributed by atoms with Crippen LogP contribution in [-0.4, -0.2) is 19.9 Å². The van der Waals surface area contributed by atoms with Gasteiger partial charge < -0.3 is 0 Å². The monoisotopic (exact) mass is 327 g/mol. The number of aromatic amines is 1. The van der Waals surface area contributed by atoms with E-state index in [9.17, 15) is 0 Å². The van der Waals surface area contributed by atoms with Crippen molar-refractivity contribution in [3.8, 4) is 0 Å². The van der Waals surface area contributed by atoms with Crippen LogP contribution in [-0.2, 0) is 12.8 Å². The zero-order chi connectivity index (χ0) is 13.4. The summed E-state index contributed by atoms with van der Waals surface area (Å²) in [5.41, 5.74) is 4.37. The summed E-state index contributed by atoms with van der Waals surface area (Å²) >= 11 is 0.595. The Morgan fingerprint density at radius 2 is 1.75 bits per heavy atom. The topological polar surface area (TPSA) is 15.8 Å². The number of benzene rings is 2. The molecule has 0 aliphatic heterocycles. The van der Waals surface area contributed by atoms with E-state index in [-0.39, 0.29) is 0 Å². The van der Waals surface area contributed by atoms with Crippen LogP contribution in [0, 0.1) is 0 Å². The summed E-state index contributed by atoms with van der Waals surface area (Å²) in [5, 5.41) is 1.44. The number of para-hydroxylation sites is 1. The van der Waals surface area contributed by atoms with E-state index in [0.717, 1.165) is 4.82 Å². The summed E-state index contributed by atoms with van der Waals surface area (Å²) < 4.78 is 1.54. The maximum atomic E-state index is 3.61. The molecule has 0 radical (unpaired) electrons. The number of hydrogen-bond donors (Lipinski definition) is 1. The second kappa shape index (κ2) is 5.12. The summed E-state index contributed by atoms with van der Waals surface area (Å²) in [6, 6.07) is 19.7. The molecule has 2 heteroatoms. The molecule has 0 amide bonds. The molecule has 2 aromatic carbocycles. The molecule has 4 rings (SSSR count). The first-order valence-electron chi connectivity index (χ1n) is 7.20. The molecule has 1 heterocycles. The fourth-order valence-electron chi connectivity index (χ4n) is 3.13. The van der Waals surface area contributed by atoms with Crippen molar-refractivity contribution in [2.24, 2.45) is 0 Å². The van der Waals surface area contributed by atoms with Crippen LogP contribution in [0.15, 0.2) is 54.6 Å². The summed E-state index contributed by atoms with van der Waals surface area (Å²) in [6.07, 6.45) is 3.78. The zero-order valence-corrected chi connectivity index (χ0v) is 13.0. The van der Waals surface area contributed by atoms with Crippen molar-refractivity contribution < 1.29 is 0 Å². The van der Waals surface area contributed by atoms with Crippen LogP contribution >= 0.6 is 0 Å². The van der Waals surface area contributed by atoms with Gasteiger partial charge in [-0.2, -0.15) is 0 Å². The molecule has 1 aliphatic carbocycles. The Morgan fingerprint density at radius 1 is 0.950 bits per heavy atom. The third-order valence-corrected chi connectivity index (χ3v) is 6.78. The van der Waals surface area contributed by atoms with Crippen molar-refractivity contribution in [2.75, 3.05) is 0 Å². The van der Waals surface area contributed by atoms with Crippen molar-refractivity contribution in [3.05, 3.63) is 65.9 Å². The van der Waals surface area contributed by atoms with Crippen molar-refractivity contribution in [1.29, 1.82) is 0 Å². The van der Waals surface area contributed by atoms with E-state index < -0.39 is 0 Å². The van der Waals surface area contributed by atoms with Crippen LogP contribution in [0.5, 0.6) is 0 Å². The van der Waals surface area contributed by atoms with Gasteiger partial charge in [0.05, 0.1) is 0 Å². The summed E-state index contributed by atoms with van der Waals surface area (Å²) in [6.45, 7) is 0.